The molecule has 32 heavy (non-hydrogen) atoms. The molecule has 1 aromatic heterocycles. The van der Waals surface area contributed by atoms with Crippen molar-refractivity contribution in [2.45, 2.75) is 45.5 Å². The molecule has 1 aromatic carbocycles. The zero-order chi connectivity index (χ0) is 23.5. The maximum absolute atomic E-state index is 13.2. The van der Waals surface area contributed by atoms with Crippen molar-refractivity contribution in [2.24, 2.45) is 10.9 Å². The van der Waals surface area contributed by atoms with Gasteiger partial charge in [0.15, 0.2) is 5.90 Å². The van der Waals surface area contributed by atoms with E-state index in [1.54, 1.807) is 19.1 Å². The first-order chi connectivity index (χ1) is 15.1. The second kappa shape index (κ2) is 9.68. The fraction of sp³-hybridized carbons (Fsp3) is 0.476. The third kappa shape index (κ3) is 5.26. The number of aromatic nitrogens is 2. The zero-order valence-electron chi connectivity index (χ0n) is 17.4. The molecule has 7 nitrogen and oxygen atoms in total. The molecular formula is C21H23F4N3O4. The highest BCUT2D eigenvalue weighted by Gasteiger charge is 2.35. The normalized spacial score (nSPS) is 15.9. The molecule has 3 rings (SSSR count). The van der Waals surface area contributed by atoms with Gasteiger partial charge in [-0.25, -0.2) is 9.18 Å². The number of fused-ring (bicyclic) bond motifs is 1. The predicted octanol–water partition coefficient (Wildman–Crippen LogP) is 2.58. The van der Waals surface area contributed by atoms with Gasteiger partial charge in [-0.1, -0.05) is 12.1 Å². The molecular weight excluding hydrogens is 434 g/mol. The van der Waals surface area contributed by atoms with Crippen molar-refractivity contribution in [3.05, 3.63) is 62.0 Å². The monoisotopic (exact) mass is 457 g/mol. The molecule has 0 spiro atoms. The van der Waals surface area contributed by atoms with Gasteiger partial charge in [0, 0.05) is 19.1 Å². The van der Waals surface area contributed by atoms with Crippen LogP contribution < -0.4 is 11.2 Å². The lowest BCUT2D eigenvalue weighted by molar-refractivity contribution is -0.141. The second-order valence-electron chi connectivity index (χ2n) is 7.43. The van der Waals surface area contributed by atoms with Crippen LogP contribution in [-0.4, -0.2) is 39.5 Å². The number of aliphatic hydroxyl groups excluding tert-OH is 1. The predicted molar refractivity (Wildman–Crippen MR) is 109 cm³/mol. The molecule has 0 radical (unpaired) electrons. The van der Waals surface area contributed by atoms with Crippen molar-refractivity contribution in [2.75, 3.05) is 13.2 Å². The first-order valence-electron chi connectivity index (χ1n) is 10.1. The molecule has 1 atom stereocenters. The van der Waals surface area contributed by atoms with Gasteiger partial charge < -0.3 is 9.84 Å². The van der Waals surface area contributed by atoms with E-state index in [1.807, 2.05) is 0 Å². The average Bonchev–Trinajstić information content (AvgIpc) is 2.73. The summed E-state index contributed by atoms with van der Waals surface area (Å²) in [4.78, 5) is 29.9. The van der Waals surface area contributed by atoms with Crippen molar-refractivity contribution in [1.29, 1.82) is 0 Å². The number of halogens is 4. The largest absolute Gasteiger partial charge is 0.481 e. The smallest absolute Gasteiger partial charge is 0.406 e. The Balaban J connectivity index is 2.13. The molecule has 11 heteroatoms. The van der Waals surface area contributed by atoms with E-state index in [0.29, 0.717) is 15.6 Å². The minimum Gasteiger partial charge on any atom is -0.481 e. The molecule has 1 N–H and O–H groups in total. The Labute approximate surface area is 180 Å². The summed E-state index contributed by atoms with van der Waals surface area (Å²) in [5, 5.41) is 9.05. The van der Waals surface area contributed by atoms with Gasteiger partial charge in [-0.15, -0.1) is 0 Å². The molecule has 0 bridgehead atoms. The van der Waals surface area contributed by atoms with E-state index in [2.05, 4.69) is 4.99 Å². The van der Waals surface area contributed by atoms with E-state index in [-0.39, 0.29) is 49.9 Å². The van der Waals surface area contributed by atoms with E-state index < -0.39 is 35.7 Å². The van der Waals surface area contributed by atoms with Crippen LogP contribution in [0, 0.1) is 11.7 Å². The molecule has 1 unspecified atom stereocenters. The summed E-state index contributed by atoms with van der Waals surface area (Å²) in [7, 11) is 0. The van der Waals surface area contributed by atoms with Crippen LogP contribution in [0.1, 0.15) is 24.5 Å². The lowest BCUT2D eigenvalue weighted by Gasteiger charge is -2.27. The SMILES string of the molecule is CCOC1=Nc2c(c(=O)n(CCCO)c(=O)n2CC(F)(F)F)CC1Cc1ccc(F)cc1. The highest BCUT2D eigenvalue weighted by molar-refractivity contribution is 5.84. The number of alkyl halides is 3. The standard InChI is InChI=1S/C21H23F4N3O4/c1-2-32-18-14(10-13-4-6-15(22)7-5-13)11-16-17(26-18)28(12-21(23,24)25)20(31)27(19(16)30)8-3-9-29/h4-7,14,29H,2-3,8-12H2,1H3. The summed E-state index contributed by atoms with van der Waals surface area (Å²) in [5.41, 5.74) is -1.17. The summed E-state index contributed by atoms with van der Waals surface area (Å²) in [6.45, 7) is -0.293. The third-order valence-corrected chi connectivity index (χ3v) is 5.07. The number of hydrogen-bond acceptors (Lipinski definition) is 5. The lowest BCUT2D eigenvalue weighted by Crippen LogP contribution is -2.45. The van der Waals surface area contributed by atoms with Crippen LogP contribution in [0.5, 0.6) is 0 Å². The van der Waals surface area contributed by atoms with E-state index in [4.69, 9.17) is 9.84 Å². The lowest BCUT2D eigenvalue weighted by atomic mass is 9.91. The van der Waals surface area contributed by atoms with Gasteiger partial charge in [-0.2, -0.15) is 18.2 Å². The summed E-state index contributed by atoms with van der Waals surface area (Å²) in [5.74, 6) is -1.14. The number of benzene rings is 1. The van der Waals surface area contributed by atoms with Gasteiger partial charge in [0.1, 0.15) is 18.2 Å². The maximum Gasteiger partial charge on any atom is 0.406 e. The molecule has 1 aliphatic rings. The Morgan fingerprint density at radius 3 is 2.47 bits per heavy atom. The van der Waals surface area contributed by atoms with Crippen molar-refractivity contribution in [3.63, 3.8) is 0 Å². The minimum atomic E-state index is -4.72. The van der Waals surface area contributed by atoms with E-state index in [1.165, 1.54) is 12.1 Å². The average molecular weight is 457 g/mol. The Morgan fingerprint density at radius 2 is 1.88 bits per heavy atom. The molecule has 0 aliphatic carbocycles. The number of rotatable bonds is 7. The summed E-state index contributed by atoms with van der Waals surface area (Å²) in [6, 6.07) is 5.70. The summed E-state index contributed by atoms with van der Waals surface area (Å²) in [6.07, 6.45) is -4.37. The Morgan fingerprint density at radius 1 is 1.19 bits per heavy atom. The Bertz CT molecular complexity index is 1100. The molecule has 1 aliphatic heterocycles. The molecule has 0 amide bonds. The number of aliphatic imine (C=N–C) groups is 1. The third-order valence-electron chi connectivity index (χ3n) is 5.07. The van der Waals surface area contributed by atoms with Gasteiger partial charge in [-0.05, 0) is 43.9 Å². The summed E-state index contributed by atoms with van der Waals surface area (Å²) < 4.78 is 59.6. The highest BCUT2D eigenvalue weighted by Crippen LogP contribution is 2.30. The fourth-order valence-corrected chi connectivity index (χ4v) is 3.69. The first-order valence-corrected chi connectivity index (χ1v) is 10.1. The zero-order valence-corrected chi connectivity index (χ0v) is 17.4. The Kier molecular flexibility index (Phi) is 7.17. The minimum absolute atomic E-state index is 0.00163. The number of nitrogens with zero attached hydrogens (tertiary/aromatic N) is 3. The van der Waals surface area contributed by atoms with Crippen LogP contribution in [0.3, 0.4) is 0 Å². The van der Waals surface area contributed by atoms with Gasteiger partial charge in [0.25, 0.3) is 5.56 Å². The number of hydrogen-bond donors (Lipinski definition) is 1. The second-order valence-corrected chi connectivity index (χ2v) is 7.43. The molecule has 0 saturated carbocycles. The van der Waals surface area contributed by atoms with E-state index >= 15 is 0 Å². The van der Waals surface area contributed by atoms with Crippen molar-refractivity contribution in [3.8, 4) is 0 Å². The molecule has 0 fully saturated rings. The fourth-order valence-electron chi connectivity index (χ4n) is 3.69. The van der Waals surface area contributed by atoms with Crippen LogP contribution in [0.4, 0.5) is 23.4 Å². The van der Waals surface area contributed by atoms with Crippen molar-refractivity contribution < 1.29 is 27.4 Å². The maximum atomic E-state index is 13.2. The van der Waals surface area contributed by atoms with Crippen LogP contribution in [-0.2, 0) is 30.7 Å². The van der Waals surface area contributed by atoms with Gasteiger partial charge >= 0.3 is 11.9 Å². The first kappa shape index (κ1) is 23.7. The van der Waals surface area contributed by atoms with E-state index in [0.717, 1.165) is 5.56 Å². The van der Waals surface area contributed by atoms with Crippen molar-refractivity contribution in [1.82, 2.24) is 9.13 Å². The van der Waals surface area contributed by atoms with Gasteiger partial charge in [-0.3, -0.25) is 13.9 Å². The number of aliphatic hydroxyl groups is 1. The topological polar surface area (TPSA) is 85.8 Å². The van der Waals surface area contributed by atoms with Gasteiger partial charge in [0.2, 0.25) is 0 Å². The summed E-state index contributed by atoms with van der Waals surface area (Å²) >= 11 is 0. The van der Waals surface area contributed by atoms with Crippen LogP contribution in [0.25, 0.3) is 0 Å². The quantitative estimate of drug-likeness (QED) is 0.648. The molecule has 2 heterocycles. The highest BCUT2D eigenvalue weighted by atomic mass is 19.4. The molecule has 0 saturated heterocycles. The van der Waals surface area contributed by atoms with Crippen LogP contribution in [0.15, 0.2) is 38.8 Å². The van der Waals surface area contributed by atoms with Gasteiger partial charge in [0.05, 0.1) is 12.2 Å². The van der Waals surface area contributed by atoms with Crippen LogP contribution in [0.2, 0.25) is 0 Å². The molecule has 174 valence electrons. The van der Waals surface area contributed by atoms with Crippen molar-refractivity contribution >= 4 is 11.7 Å². The van der Waals surface area contributed by atoms with Crippen LogP contribution >= 0.6 is 0 Å². The van der Waals surface area contributed by atoms with E-state index in [9.17, 15) is 27.2 Å². The molecule has 2 aromatic rings. The Hall–Kier alpha value is -2.95. The number of ether oxygens (including phenoxy) is 1.